The Bertz CT molecular complexity index is 934. The van der Waals surface area contributed by atoms with Gasteiger partial charge >= 0.3 is 0 Å². The molecule has 0 N–H and O–H groups in total. The van der Waals surface area contributed by atoms with E-state index in [1.807, 2.05) is 49.4 Å². The summed E-state index contributed by atoms with van der Waals surface area (Å²) in [6.45, 7) is 4.61. The van der Waals surface area contributed by atoms with Crippen molar-refractivity contribution in [1.82, 2.24) is 0 Å². The van der Waals surface area contributed by atoms with Crippen molar-refractivity contribution in [2.45, 2.75) is 39.5 Å². The lowest BCUT2D eigenvalue weighted by molar-refractivity contribution is 0.294. The van der Waals surface area contributed by atoms with Gasteiger partial charge in [0.15, 0.2) is 11.6 Å². The van der Waals surface area contributed by atoms with E-state index < -0.39 is 0 Å². The number of benzene rings is 3. The van der Waals surface area contributed by atoms with E-state index in [1.54, 1.807) is 12.1 Å². The minimum absolute atomic E-state index is 0.194. The van der Waals surface area contributed by atoms with Gasteiger partial charge in [-0.2, -0.15) is 0 Å². The highest BCUT2D eigenvalue weighted by molar-refractivity contribution is 5.83. The number of rotatable bonds is 8. The first-order chi connectivity index (χ1) is 13.6. The largest absolute Gasteiger partial charge is 0.491 e. The summed E-state index contributed by atoms with van der Waals surface area (Å²) < 4.78 is 34.5. The second-order valence-electron chi connectivity index (χ2n) is 6.95. The van der Waals surface area contributed by atoms with E-state index in [0.717, 1.165) is 53.5 Å². The van der Waals surface area contributed by atoms with Crippen LogP contribution in [0, 0.1) is 11.6 Å². The van der Waals surface area contributed by atoms with Crippen LogP contribution in [-0.2, 0) is 6.42 Å². The number of hydrogen-bond donors (Lipinski definition) is 0. The molecule has 0 fully saturated rings. The molecule has 0 saturated carbocycles. The van der Waals surface area contributed by atoms with E-state index >= 15 is 0 Å². The van der Waals surface area contributed by atoms with Crippen LogP contribution in [0.25, 0.3) is 22.3 Å². The quantitative estimate of drug-likeness (QED) is 0.369. The van der Waals surface area contributed by atoms with Gasteiger partial charge in [-0.3, -0.25) is 0 Å². The van der Waals surface area contributed by atoms with Crippen LogP contribution in [-0.4, -0.2) is 6.61 Å². The molecule has 0 unspecified atom stereocenters. The highest BCUT2D eigenvalue weighted by atomic mass is 19.1. The Morgan fingerprint density at radius 2 is 1.39 bits per heavy atom. The molecular formula is C25H26F2O. The van der Waals surface area contributed by atoms with Crippen molar-refractivity contribution in [3.05, 3.63) is 77.9 Å². The van der Waals surface area contributed by atoms with Gasteiger partial charge in [0, 0.05) is 0 Å². The number of hydrogen-bond acceptors (Lipinski definition) is 1. The molecule has 0 bridgehead atoms. The standard InChI is InChI=1S/C25H26F2O/c1-3-5-15-28-25-14-13-20(17-24(25)27)22-10-7-6-9-21(22)19-12-11-18(8-4-2)23(26)16-19/h6-7,9-14,16-17H,3-5,8,15H2,1-2H3. The molecule has 0 aliphatic rings. The Morgan fingerprint density at radius 1 is 0.750 bits per heavy atom. The summed E-state index contributed by atoms with van der Waals surface area (Å²) in [5.74, 6) is -0.308. The number of aryl methyl sites for hydroxylation is 1. The predicted molar refractivity (Wildman–Crippen MR) is 112 cm³/mol. The van der Waals surface area contributed by atoms with Crippen molar-refractivity contribution in [3.63, 3.8) is 0 Å². The lowest BCUT2D eigenvalue weighted by Gasteiger charge is -2.13. The monoisotopic (exact) mass is 380 g/mol. The van der Waals surface area contributed by atoms with Gasteiger partial charge in [0.05, 0.1) is 6.61 Å². The van der Waals surface area contributed by atoms with Crippen molar-refractivity contribution in [2.24, 2.45) is 0 Å². The molecule has 0 aromatic heterocycles. The van der Waals surface area contributed by atoms with Crippen LogP contribution >= 0.6 is 0 Å². The molecule has 0 aliphatic carbocycles. The van der Waals surface area contributed by atoms with Gasteiger partial charge in [-0.1, -0.05) is 69.2 Å². The topological polar surface area (TPSA) is 9.23 Å². The van der Waals surface area contributed by atoms with Gasteiger partial charge < -0.3 is 4.74 Å². The lowest BCUT2D eigenvalue weighted by atomic mass is 9.93. The normalized spacial score (nSPS) is 10.9. The fourth-order valence-electron chi connectivity index (χ4n) is 3.29. The third-order valence-corrected chi connectivity index (χ3v) is 4.81. The van der Waals surface area contributed by atoms with Crippen LogP contribution < -0.4 is 4.74 Å². The second kappa shape index (κ2) is 9.50. The molecule has 0 aliphatic heterocycles. The summed E-state index contributed by atoms with van der Waals surface area (Å²) in [7, 11) is 0. The number of ether oxygens (including phenoxy) is 1. The zero-order valence-electron chi connectivity index (χ0n) is 16.5. The highest BCUT2D eigenvalue weighted by Gasteiger charge is 2.12. The minimum atomic E-state index is -0.382. The van der Waals surface area contributed by atoms with Crippen molar-refractivity contribution in [2.75, 3.05) is 6.61 Å². The number of unbranched alkanes of at least 4 members (excludes halogenated alkanes) is 1. The fraction of sp³-hybridized carbons (Fsp3) is 0.280. The zero-order chi connectivity index (χ0) is 19.9. The van der Waals surface area contributed by atoms with Crippen LogP contribution in [0.1, 0.15) is 38.7 Å². The van der Waals surface area contributed by atoms with E-state index in [4.69, 9.17) is 4.74 Å². The van der Waals surface area contributed by atoms with Crippen molar-refractivity contribution < 1.29 is 13.5 Å². The summed E-state index contributed by atoms with van der Waals surface area (Å²) >= 11 is 0. The molecule has 146 valence electrons. The molecule has 3 rings (SSSR count). The van der Waals surface area contributed by atoms with Crippen LogP contribution in [0.15, 0.2) is 60.7 Å². The second-order valence-corrected chi connectivity index (χ2v) is 6.95. The van der Waals surface area contributed by atoms with E-state index in [9.17, 15) is 8.78 Å². The first-order valence-corrected chi connectivity index (χ1v) is 9.94. The highest BCUT2D eigenvalue weighted by Crippen LogP contribution is 2.34. The average molecular weight is 380 g/mol. The molecule has 3 aromatic rings. The molecule has 0 heterocycles. The molecule has 3 aromatic carbocycles. The van der Waals surface area contributed by atoms with Crippen molar-refractivity contribution >= 4 is 0 Å². The third kappa shape index (κ3) is 4.59. The molecule has 0 saturated heterocycles. The smallest absolute Gasteiger partial charge is 0.165 e. The van der Waals surface area contributed by atoms with E-state index in [1.165, 1.54) is 6.07 Å². The van der Waals surface area contributed by atoms with Gasteiger partial charge in [-0.25, -0.2) is 8.78 Å². The Morgan fingerprint density at radius 3 is 1.96 bits per heavy atom. The van der Waals surface area contributed by atoms with Crippen LogP contribution in [0.2, 0.25) is 0 Å². The van der Waals surface area contributed by atoms with Gasteiger partial charge in [0.2, 0.25) is 0 Å². The first-order valence-electron chi connectivity index (χ1n) is 9.94. The number of halogens is 2. The van der Waals surface area contributed by atoms with E-state index in [0.29, 0.717) is 6.61 Å². The zero-order valence-corrected chi connectivity index (χ0v) is 16.5. The van der Waals surface area contributed by atoms with Gasteiger partial charge in [-0.15, -0.1) is 0 Å². The Balaban J connectivity index is 1.94. The van der Waals surface area contributed by atoms with E-state index in [2.05, 4.69) is 6.92 Å². The molecule has 0 spiro atoms. The van der Waals surface area contributed by atoms with Gasteiger partial charge in [0.1, 0.15) is 5.82 Å². The molecule has 1 nitrogen and oxygen atoms in total. The summed E-state index contributed by atoms with van der Waals surface area (Å²) in [5.41, 5.74) is 4.00. The molecule has 28 heavy (non-hydrogen) atoms. The Kier molecular flexibility index (Phi) is 6.80. The first kappa shape index (κ1) is 20.1. The molecule has 3 heteroatoms. The Labute approximate surface area is 166 Å². The summed E-state index contributed by atoms with van der Waals surface area (Å²) in [6.07, 6.45) is 3.52. The maximum atomic E-state index is 14.5. The predicted octanol–water partition coefficient (Wildman–Crippen LogP) is 7.43. The van der Waals surface area contributed by atoms with Gasteiger partial charge in [-0.05, 0) is 58.9 Å². The molecular weight excluding hydrogens is 354 g/mol. The summed E-state index contributed by atoms with van der Waals surface area (Å²) in [4.78, 5) is 0. The lowest BCUT2D eigenvalue weighted by Crippen LogP contribution is -1.99. The summed E-state index contributed by atoms with van der Waals surface area (Å²) in [6, 6.07) is 18.0. The van der Waals surface area contributed by atoms with Gasteiger partial charge in [0.25, 0.3) is 0 Å². The van der Waals surface area contributed by atoms with Crippen molar-refractivity contribution in [3.8, 4) is 28.0 Å². The maximum Gasteiger partial charge on any atom is 0.165 e. The Hall–Kier alpha value is -2.68. The molecule has 0 radical (unpaired) electrons. The minimum Gasteiger partial charge on any atom is -0.491 e. The average Bonchev–Trinajstić information content (AvgIpc) is 2.71. The molecule has 0 atom stereocenters. The van der Waals surface area contributed by atoms with Crippen LogP contribution in [0.3, 0.4) is 0 Å². The molecule has 0 amide bonds. The van der Waals surface area contributed by atoms with Crippen LogP contribution in [0.5, 0.6) is 5.75 Å². The van der Waals surface area contributed by atoms with Crippen LogP contribution in [0.4, 0.5) is 8.78 Å². The van der Waals surface area contributed by atoms with E-state index in [-0.39, 0.29) is 17.4 Å². The maximum absolute atomic E-state index is 14.5. The summed E-state index contributed by atoms with van der Waals surface area (Å²) in [5, 5.41) is 0. The fourth-order valence-corrected chi connectivity index (χ4v) is 3.29. The SMILES string of the molecule is CCCCOc1ccc(-c2ccccc2-c2ccc(CCC)c(F)c2)cc1F. The third-order valence-electron chi connectivity index (χ3n) is 4.81. The van der Waals surface area contributed by atoms with Crippen molar-refractivity contribution in [1.29, 1.82) is 0 Å².